The van der Waals surface area contributed by atoms with Crippen molar-refractivity contribution in [2.45, 2.75) is 13.8 Å². The number of benzene rings is 1. The number of carbonyl (C=O) groups excluding carboxylic acids is 2. The van der Waals surface area contributed by atoms with Gasteiger partial charge in [0.05, 0.1) is 5.56 Å². The van der Waals surface area contributed by atoms with E-state index in [4.69, 9.17) is 4.74 Å². The van der Waals surface area contributed by atoms with Gasteiger partial charge in [0.25, 0.3) is 5.91 Å². The number of anilines is 1. The van der Waals surface area contributed by atoms with E-state index in [-0.39, 0.29) is 18.1 Å². The second-order valence-corrected chi connectivity index (χ2v) is 5.75. The van der Waals surface area contributed by atoms with Crippen molar-refractivity contribution in [3.05, 3.63) is 57.8 Å². The van der Waals surface area contributed by atoms with Crippen LogP contribution >= 0.6 is 15.9 Å². The maximum absolute atomic E-state index is 11.9. The van der Waals surface area contributed by atoms with E-state index < -0.39 is 5.97 Å². The Kier molecular flexibility index (Phi) is 5.27. The molecule has 0 atom stereocenters. The number of nitrogens with one attached hydrogen (secondary N) is 1. The van der Waals surface area contributed by atoms with Crippen LogP contribution in [0.5, 0.6) is 0 Å². The predicted molar refractivity (Wildman–Crippen MR) is 86.8 cm³/mol. The number of aryl methyl sites for hydroxylation is 2. The molecule has 0 aliphatic rings. The molecular formula is C16H15BrN2O3. The topological polar surface area (TPSA) is 68.3 Å². The normalized spacial score (nSPS) is 10.1. The molecule has 0 fully saturated rings. The maximum Gasteiger partial charge on any atom is 0.340 e. The lowest BCUT2D eigenvalue weighted by Gasteiger charge is -2.09. The van der Waals surface area contributed by atoms with Crippen molar-refractivity contribution < 1.29 is 14.3 Å². The van der Waals surface area contributed by atoms with Crippen LogP contribution < -0.4 is 5.32 Å². The summed E-state index contributed by atoms with van der Waals surface area (Å²) in [5.74, 6) is -0.977. The standard InChI is InChI=1S/C16H15BrN2O3/c1-10-3-4-11(2)14(5-10)19-15(20)9-22-16(21)12-6-13(17)8-18-7-12/h3-8H,9H2,1-2H3,(H,19,20). The molecule has 0 aliphatic carbocycles. The fourth-order valence-electron chi connectivity index (χ4n) is 1.79. The first-order chi connectivity index (χ1) is 10.5. The minimum Gasteiger partial charge on any atom is -0.452 e. The smallest absolute Gasteiger partial charge is 0.340 e. The molecule has 1 N–H and O–H groups in total. The highest BCUT2D eigenvalue weighted by atomic mass is 79.9. The molecule has 0 saturated carbocycles. The largest absolute Gasteiger partial charge is 0.452 e. The van der Waals surface area contributed by atoms with Crippen molar-refractivity contribution in [3.63, 3.8) is 0 Å². The number of nitrogens with zero attached hydrogens (tertiary/aromatic N) is 1. The fraction of sp³-hybridized carbons (Fsp3) is 0.188. The third-order valence-corrected chi connectivity index (χ3v) is 3.38. The van der Waals surface area contributed by atoms with Gasteiger partial charge in [0.15, 0.2) is 6.61 Å². The van der Waals surface area contributed by atoms with Crippen molar-refractivity contribution in [2.24, 2.45) is 0 Å². The minimum absolute atomic E-state index is 0.286. The molecule has 6 heteroatoms. The summed E-state index contributed by atoms with van der Waals surface area (Å²) in [5, 5.41) is 2.73. The first-order valence-electron chi connectivity index (χ1n) is 6.60. The molecule has 5 nitrogen and oxygen atoms in total. The van der Waals surface area contributed by atoms with Gasteiger partial charge < -0.3 is 10.1 Å². The van der Waals surface area contributed by atoms with E-state index in [9.17, 15) is 9.59 Å². The van der Waals surface area contributed by atoms with Gasteiger partial charge in [-0.3, -0.25) is 9.78 Å². The van der Waals surface area contributed by atoms with Gasteiger partial charge in [-0.05, 0) is 53.0 Å². The molecule has 0 bridgehead atoms. The Morgan fingerprint density at radius 3 is 2.73 bits per heavy atom. The summed E-state index contributed by atoms with van der Waals surface area (Å²) in [6, 6.07) is 7.33. The van der Waals surface area contributed by atoms with E-state index >= 15 is 0 Å². The van der Waals surface area contributed by atoms with Crippen molar-refractivity contribution >= 4 is 33.5 Å². The van der Waals surface area contributed by atoms with Gasteiger partial charge in [0.2, 0.25) is 0 Å². The summed E-state index contributed by atoms with van der Waals surface area (Å²) < 4.78 is 5.64. The summed E-state index contributed by atoms with van der Waals surface area (Å²) in [6.07, 6.45) is 2.94. The third kappa shape index (κ3) is 4.39. The summed E-state index contributed by atoms with van der Waals surface area (Å²) in [4.78, 5) is 27.6. The zero-order valence-electron chi connectivity index (χ0n) is 12.2. The second kappa shape index (κ2) is 7.17. The van der Waals surface area contributed by atoms with Gasteiger partial charge in [-0.1, -0.05) is 12.1 Å². The number of pyridine rings is 1. The van der Waals surface area contributed by atoms with Gasteiger partial charge in [0, 0.05) is 22.6 Å². The van der Waals surface area contributed by atoms with Crippen LogP contribution in [0.25, 0.3) is 0 Å². The van der Waals surface area contributed by atoms with Gasteiger partial charge in [0.1, 0.15) is 0 Å². The van der Waals surface area contributed by atoms with Crippen molar-refractivity contribution in [2.75, 3.05) is 11.9 Å². The lowest BCUT2D eigenvalue weighted by Crippen LogP contribution is -2.21. The predicted octanol–water partition coefficient (Wildman–Crippen LogP) is 3.26. The number of halogens is 1. The lowest BCUT2D eigenvalue weighted by atomic mass is 10.1. The highest BCUT2D eigenvalue weighted by Gasteiger charge is 2.12. The Morgan fingerprint density at radius 1 is 1.23 bits per heavy atom. The van der Waals surface area contributed by atoms with Crippen LogP contribution in [0.3, 0.4) is 0 Å². The number of amides is 1. The number of ether oxygens (including phenoxy) is 1. The number of hydrogen-bond acceptors (Lipinski definition) is 4. The zero-order chi connectivity index (χ0) is 16.1. The number of aromatic nitrogens is 1. The van der Waals surface area contributed by atoms with Crippen LogP contribution in [0, 0.1) is 13.8 Å². The Hall–Kier alpha value is -2.21. The van der Waals surface area contributed by atoms with Crippen LogP contribution in [0.4, 0.5) is 5.69 Å². The molecule has 2 aromatic rings. The monoisotopic (exact) mass is 362 g/mol. The lowest BCUT2D eigenvalue weighted by molar-refractivity contribution is -0.119. The number of hydrogen-bond donors (Lipinski definition) is 1. The van der Waals surface area contributed by atoms with Crippen LogP contribution in [0.15, 0.2) is 41.1 Å². The van der Waals surface area contributed by atoms with Crippen molar-refractivity contribution in [3.8, 4) is 0 Å². The maximum atomic E-state index is 11.9. The number of esters is 1. The van der Waals surface area contributed by atoms with Gasteiger partial charge >= 0.3 is 5.97 Å². The van der Waals surface area contributed by atoms with Gasteiger partial charge in [-0.25, -0.2) is 4.79 Å². The minimum atomic E-state index is -0.593. The number of rotatable bonds is 4. The third-order valence-electron chi connectivity index (χ3n) is 2.94. The quantitative estimate of drug-likeness (QED) is 0.847. The Balaban J connectivity index is 1.93. The summed E-state index contributed by atoms with van der Waals surface area (Å²) in [6.45, 7) is 3.49. The summed E-state index contributed by atoms with van der Waals surface area (Å²) >= 11 is 3.22. The fourth-order valence-corrected chi connectivity index (χ4v) is 2.16. The van der Waals surface area contributed by atoms with Gasteiger partial charge in [-0.2, -0.15) is 0 Å². The molecule has 1 aromatic carbocycles. The highest BCUT2D eigenvalue weighted by molar-refractivity contribution is 9.10. The molecule has 0 unspecified atom stereocenters. The molecule has 1 amide bonds. The van der Waals surface area contributed by atoms with Crippen molar-refractivity contribution in [1.29, 1.82) is 0 Å². The van der Waals surface area contributed by atoms with Crippen LogP contribution in [0.2, 0.25) is 0 Å². The molecule has 22 heavy (non-hydrogen) atoms. The molecule has 0 aliphatic heterocycles. The van der Waals surface area contributed by atoms with E-state index in [0.29, 0.717) is 10.2 Å². The molecule has 1 aromatic heterocycles. The van der Waals surface area contributed by atoms with E-state index in [1.54, 1.807) is 12.3 Å². The second-order valence-electron chi connectivity index (χ2n) is 4.83. The Bertz CT molecular complexity index is 716. The van der Waals surface area contributed by atoms with Crippen molar-refractivity contribution in [1.82, 2.24) is 4.98 Å². The van der Waals surface area contributed by atoms with E-state index in [1.807, 2.05) is 32.0 Å². The van der Waals surface area contributed by atoms with Crippen LogP contribution in [-0.4, -0.2) is 23.5 Å². The van der Waals surface area contributed by atoms with Crippen LogP contribution in [-0.2, 0) is 9.53 Å². The zero-order valence-corrected chi connectivity index (χ0v) is 13.8. The molecule has 0 radical (unpaired) electrons. The Labute approximate surface area is 136 Å². The molecular weight excluding hydrogens is 348 g/mol. The van der Waals surface area contributed by atoms with E-state index in [2.05, 4.69) is 26.2 Å². The first kappa shape index (κ1) is 16.2. The highest BCUT2D eigenvalue weighted by Crippen LogP contribution is 2.16. The van der Waals surface area contributed by atoms with E-state index in [0.717, 1.165) is 11.1 Å². The van der Waals surface area contributed by atoms with Gasteiger partial charge in [-0.15, -0.1) is 0 Å². The summed E-state index contributed by atoms with van der Waals surface area (Å²) in [5.41, 5.74) is 2.98. The first-order valence-corrected chi connectivity index (χ1v) is 7.40. The average molecular weight is 363 g/mol. The molecule has 1 heterocycles. The molecule has 0 saturated heterocycles. The number of carbonyl (C=O) groups is 2. The van der Waals surface area contributed by atoms with E-state index in [1.165, 1.54) is 6.20 Å². The average Bonchev–Trinajstić information content (AvgIpc) is 2.48. The Morgan fingerprint density at radius 2 is 2.00 bits per heavy atom. The van der Waals surface area contributed by atoms with Crippen LogP contribution in [0.1, 0.15) is 21.5 Å². The summed E-state index contributed by atoms with van der Waals surface area (Å²) in [7, 11) is 0. The molecule has 2 rings (SSSR count). The SMILES string of the molecule is Cc1ccc(C)c(NC(=O)COC(=O)c2cncc(Br)c2)c1. The molecule has 114 valence electrons. The molecule has 0 spiro atoms.